The Morgan fingerprint density at radius 1 is 1.04 bits per heavy atom. The highest BCUT2D eigenvalue weighted by atomic mass is 16.5. The molecule has 1 heterocycles. The Kier molecular flexibility index (Phi) is 4.86. The van der Waals surface area contributed by atoms with Crippen LogP contribution in [0.25, 0.3) is 21.9 Å². The van der Waals surface area contributed by atoms with Crippen LogP contribution in [0.4, 0.5) is 5.82 Å². The molecule has 0 bridgehead atoms. The number of hydrogen-bond donors (Lipinski definition) is 2. The lowest BCUT2D eigenvalue weighted by Gasteiger charge is -2.27. The molecule has 27 heavy (non-hydrogen) atoms. The van der Waals surface area contributed by atoms with E-state index >= 15 is 0 Å². The van der Waals surface area contributed by atoms with Gasteiger partial charge in [-0.05, 0) is 37.3 Å². The van der Waals surface area contributed by atoms with E-state index in [9.17, 15) is 0 Å². The minimum atomic E-state index is 0.186. The summed E-state index contributed by atoms with van der Waals surface area (Å²) in [5, 5.41) is 1.80. The SMILES string of the molecule is COc1cc(OC2CCC(N)CC2)cc2c(-c3ccccc3)cnc(N)c12. The first-order valence-electron chi connectivity index (χ1n) is 9.39. The maximum atomic E-state index is 6.29. The van der Waals surface area contributed by atoms with Crippen LogP contribution < -0.4 is 20.9 Å². The molecule has 0 saturated heterocycles. The van der Waals surface area contributed by atoms with Gasteiger partial charge < -0.3 is 20.9 Å². The number of nitrogens with zero attached hydrogens (tertiary/aromatic N) is 1. The van der Waals surface area contributed by atoms with Crippen molar-refractivity contribution in [2.45, 2.75) is 37.8 Å². The van der Waals surface area contributed by atoms with Gasteiger partial charge in [0.1, 0.15) is 17.3 Å². The van der Waals surface area contributed by atoms with Gasteiger partial charge in [-0.1, -0.05) is 30.3 Å². The van der Waals surface area contributed by atoms with Crippen molar-refractivity contribution in [2.24, 2.45) is 5.73 Å². The van der Waals surface area contributed by atoms with Crippen LogP contribution in [0, 0.1) is 0 Å². The Morgan fingerprint density at radius 2 is 1.78 bits per heavy atom. The number of aromatic nitrogens is 1. The number of nitrogen functional groups attached to an aromatic ring is 1. The first-order chi connectivity index (χ1) is 13.2. The standard InChI is InChI=1S/C22H25N3O2/c1-26-20-12-17(27-16-9-7-15(23)8-10-16)11-18-19(13-25-22(24)21(18)20)14-5-3-2-4-6-14/h2-6,11-13,15-16H,7-10,23H2,1H3,(H2,24,25). The first kappa shape index (κ1) is 17.6. The highest BCUT2D eigenvalue weighted by Crippen LogP contribution is 2.40. The van der Waals surface area contributed by atoms with Crippen molar-refractivity contribution >= 4 is 16.6 Å². The minimum Gasteiger partial charge on any atom is -0.496 e. The largest absolute Gasteiger partial charge is 0.496 e. The third kappa shape index (κ3) is 3.55. The Labute approximate surface area is 159 Å². The van der Waals surface area contributed by atoms with Crippen LogP contribution in [-0.2, 0) is 0 Å². The molecule has 140 valence electrons. The van der Waals surface area contributed by atoms with Crippen molar-refractivity contribution in [3.8, 4) is 22.6 Å². The molecule has 1 saturated carbocycles. The molecule has 0 aliphatic heterocycles. The fourth-order valence-corrected chi connectivity index (χ4v) is 3.81. The number of nitrogens with two attached hydrogens (primary N) is 2. The molecule has 1 aliphatic carbocycles. The van der Waals surface area contributed by atoms with Crippen LogP contribution in [0.1, 0.15) is 25.7 Å². The van der Waals surface area contributed by atoms with Gasteiger partial charge in [-0.25, -0.2) is 4.98 Å². The predicted octanol–water partition coefficient (Wildman–Crippen LogP) is 4.14. The van der Waals surface area contributed by atoms with Gasteiger partial charge in [0.25, 0.3) is 0 Å². The van der Waals surface area contributed by atoms with Crippen LogP contribution >= 0.6 is 0 Å². The lowest BCUT2D eigenvalue weighted by molar-refractivity contribution is 0.147. The Balaban J connectivity index is 1.80. The zero-order valence-electron chi connectivity index (χ0n) is 15.5. The fourth-order valence-electron chi connectivity index (χ4n) is 3.81. The summed E-state index contributed by atoms with van der Waals surface area (Å²) in [6.45, 7) is 0. The Morgan fingerprint density at radius 3 is 2.48 bits per heavy atom. The van der Waals surface area contributed by atoms with Gasteiger partial charge in [0.2, 0.25) is 0 Å². The van der Waals surface area contributed by atoms with E-state index in [1.807, 2.05) is 36.5 Å². The first-order valence-corrected chi connectivity index (χ1v) is 9.39. The van der Waals surface area contributed by atoms with Crippen LogP contribution in [0.2, 0.25) is 0 Å². The molecule has 0 radical (unpaired) electrons. The molecule has 4 N–H and O–H groups in total. The molecule has 4 rings (SSSR count). The second kappa shape index (κ2) is 7.45. The summed E-state index contributed by atoms with van der Waals surface area (Å²) in [4.78, 5) is 4.39. The third-order valence-corrected chi connectivity index (χ3v) is 5.28. The van der Waals surface area contributed by atoms with E-state index in [4.69, 9.17) is 20.9 Å². The average molecular weight is 363 g/mol. The normalized spacial score (nSPS) is 19.8. The summed E-state index contributed by atoms with van der Waals surface area (Å²) in [5.74, 6) is 1.93. The van der Waals surface area contributed by atoms with E-state index in [0.29, 0.717) is 17.6 Å². The molecule has 0 unspecified atom stereocenters. The van der Waals surface area contributed by atoms with Crippen molar-refractivity contribution in [3.05, 3.63) is 48.7 Å². The molecule has 0 amide bonds. The summed E-state index contributed by atoms with van der Waals surface area (Å²) in [6.07, 6.45) is 5.96. The average Bonchev–Trinajstić information content (AvgIpc) is 2.70. The second-order valence-corrected chi connectivity index (χ2v) is 7.13. The van der Waals surface area contributed by atoms with Crippen molar-refractivity contribution in [2.75, 3.05) is 12.8 Å². The van der Waals surface area contributed by atoms with Crippen LogP contribution in [0.3, 0.4) is 0 Å². The lowest BCUT2D eigenvalue weighted by Crippen LogP contribution is -2.31. The quantitative estimate of drug-likeness (QED) is 0.728. The van der Waals surface area contributed by atoms with Crippen LogP contribution in [-0.4, -0.2) is 24.2 Å². The summed E-state index contributed by atoms with van der Waals surface area (Å²) in [6, 6.07) is 14.4. The second-order valence-electron chi connectivity index (χ2n) is 7.13. The fraction of sp³-hybridized carbons (Fsp3) is 0.318. The zero-order valence-corrected chi connectivity index (χ0v) is 15.5. The van der Waals surface area contributed by atoms with Gasteiger partial charge in [-0.15, -0.1) is 0 Å². The molecule has 1 fully saturated rings. The zero-order chi connectivity index (χ0) is 18.8. The number of pyridine rings is 1. The molecule has 3 aromatic rings. The molecule has 1 aromatic heterocycles. The number of ether oxygens (including phenoxy) is 2. The van der Waals surface area contributed by atoms with Crippen molar-refractivity contribution in [3.63, 3.8) is 0 Å². The van der Waals surface area contributed by atoms with Gasteiger partial charge in [-0.3, -0.25) is 0 Å². The number of benzene rings is 2. The monoisotopic (exact) mass is 363 g/mol. The molecular formula is C22H25N3O2. The molecular weight excluding hydrogens is 338 g/mol. The van der Waals surface area contributed by atoms with Gasteiger partial charge in [0, 0.05) is 29.3 Å². The van der Waals surface area contributed by atoms with Gasteiger partial charge in [0.15, 0.2) is 0 Å². The maximum absolute atomic E-state index is 6.29. The third-order valence-electron chi connectivity index (χ3n) is 5.28. The van der Waals surface area contributed by atoms with Gasteiger partial charge in [0.05, 0.1) is 18.6 Å². The smallest absolute Gasteiger partial charge is 0.135 e. The van der Waals surface area contributed by atoms with E-state index in [-0.39, 0.29) is 6.10 Å². The minimum absolute atomic E-state index is 0.186. The van der Waals surface area contributed by atoms with E-state index in [1.165, 1.54) is 0 Å². The van der Waals surface area contributed by atoms with Crippen molar-refractivity contribution in [1.29, 1.82) is 0 Å². The highest BCUT2D eigenvalue weighted by molar-refractivity contribution is 6.05. The van der Waals surface area contributed by atoms with Crippen molar-refractivity contribution in [1.82, 2.24) is 4.98 Å². The molecule has 2 aromatic carbocycles. The van der Waals surface area contributed by atoms with E-state index < -0.39 is 0 Å². The van der Waals surface area contributed by atoms with E-state index in [2.05, 4.69) is 17.1 Å². The van der Waals surface area contributed by atoms with E-state index in [0.717, 1.165) is 53.3 Å². The summed E-state index contributed by atoms with van der Waals surface area (Å²) >= 11 is 0. The highest BCUT2D eigenvalue weighted by Gasteiger charge is 2.21. The number of anilines is 1. The number of fused-ring (bicyclic) bond motifs is 1. The molecule has 5 heteroatoms. The maximum Gasteiger partial charge on any atom is 0.135 e. The molecule has 0 spiro atoms. The summed E-state index contributed by atoms with van der Waals surface area (Å²) in [5.41, 5.74) is 14.3. The number of hydrogen-bond acceptors (Lipinski definition) is 5. The summed E-state index contributed by atoms with van der Waals surface area (Å²) < 4.78 is 11.9. The van der Waals surface area contributed by atoms with Gasteiger partial charge >= 0.3 is 0 Å². The Hall–Kier alpha value is -2.79. The van der Waals surface area contributed by atoms with Crippen LogP contribution in [0.5, 0.6) is 11.5 Å². The molecule has 1 aliphatic rings. The molecule has 0 atom stereocenters. The lowest BCUT2D eigenvalue weighted by atomic mass is 9.93. The van der Waals surface area contributed by atoms with E-state index in [1.54, 1.807) is 7.11 Å². The van der Waals surface area contributed by atoms with Gasteiger partial charge in [-0.2, -0.15) is 0 Å². The van der Waals surface area contributed by atoms with Crippen molar-refractivity contribution < 1.29 is 9.47 Å². The number of methoxy groups -OCH3 is 1. The number of rotatable bonds is 4. The topological polar surface area (TPSA) is 83.4 Å². The Bertz CT molecular complexity index is 935. The van der Waals surface area contributed by atoms with Crippen LogP contribution in [0.15, 0.2) is 48.7 Å². The summed E-state index contributed by atoms with van der Waals surface area (Å²) in [7, 11) is 1.65. The predicted molar refractivity (Wildman–Crippen MR) is 109 cm³/mol. The molecule has 5 nitrogen and oxygen atoms in total.